The molecule has 0 aromatic heterocycles. The molecule has 0 aromatic carbocycles. The summed E-state index contributed by atoms with van der Waals surface area (Å²) in [6, 6.07) is 0. The van der Waals surface area contributed by atoms with Crippen LogP contribution in [0.3, 0.4) is 0 Å². The number of hydrogen-bond acceptors (Lipinski definition) is 32. The number of ether oxygens (including phenoxy) is 5. The zero-order valence-corrected chi connectivity index (χ0v) is 95.1. The lowest BCUT2D eigenvalue weighted by atomic mass is 10.0. The van der Waals surface area contributed by atoms with Gasteiger partial charge in [-0.1, -0.05) is 356 Å². The third-order valence-electron chi connectivity index (χ3n) is 25.7. The Morgan fingerprint density at radius 3 is 0.766 bits per heavy atom. The molecule has 868 valence electrons. The maximum absolute atomic E-state index is 11.8. The normalized spacial score (nSPS) is 15.4. The van der Waals surface area contributed by atoms with Gasteiger partial charge in [-0.2, -0.15) is 69.4 Å². The van der Waals surface area contributed by atoms with Gasteiger partial charge in [-0.05, 0) is 103 Å². The summed E-state index contributed by atoms with van der Waals surface area (Å²) in [6.07, 6.45) is 50.4. The smallest absolute Gasteiger partial charge is 0.344 e. The molecule has 12 unspecified atom stereocenters. The van der Waals surface area contributed by atoms with Crippen LogP contribution in [-0.2, 0) is 133 Å². The van der Waals surface area contributed by atoms with Crippen molar-refractivity contribution in [2.24, 2.45) is 0 Å². The topological polar surface area (TPSA) is 652 Å². The first-order valence-corrected chi connectivity index (χ1v) is 64.2. The van der Waals surface area contributed by atoms with Crippen LogP contribution >= 0.6 is 0 Å². The van der Waals surface area contributed by atoms with Crippen LogP contribution in [0.25, 0.3) is 0 Å². The zero-order chi connectivity index (χ0) is 111. The number of aliphatic hydroxyl groups excluding tert-OH is 3. The molecule has 0 spiro atoms. The molecule has 0 aliphatic carbocycles. The van der Waals surface area contributed by atoms with Gasteiger partial charge in [0.2, 0.25) is 0 Å². The van der Waals surface area contributed by atoms with Crippen molar-refractivity contribution in [3.05, 3.63) is 0 Å². The highest BCUT2D eigenvalue weighted by Gasteiger charge is 2.49. The Hall–Kier alpha value is -4.05. The molecule has 0 saturated carbocycles. The zero-order valence-electron chi connectivity index (χ0n) is 89.4. The Morgan fingerprint density at radius 1 is 0.255 bits per heavy atom. The van der Waals surface area contributed by atoms with E-state index < -0.39 is 144 Å². The molecule has 1 heterocycles. The van der Waals surface area contributed by atoms with Gasteiger partial charge in [0.1, 0.15) is 32.4 Å². The Bertz CT molecular complexity index is 4030. The summed E-state index contributed by atoms with van der Waals surface area (Å²) in [5.74, 6) is -2.63. The molecule has 1 rings (SSSR count). The van der Waals surface area contributed by atoms with Crippen LogP contribution in [0.15, 0.2) is 0 Å². The molecule has 0 radical (unpaired) electrons. The van der Waals surface area contributed by atoms with Gasteiger partial charge in [-0.25, -0.2) is 9.59 Å². The largest absolute Gasteiger partial charge is 0.469 e. The van der Waals surface area contributed by atoms with Crippen LogP contribution in [0.1, 0.15) is 497 Å². The van der Waals surface area contributed by atoms with Gasteiger partial charge in [0, 0.05) is 32.1 Å². The molecule has 39 nitrogen and oxygen atoms in total. The molecule has 0 bridgehead atoms. The van der Waals surface area contributed by atoms with Crippen LogP contribution in [0.4, 0.5) is 0 Å². The van der Waals surface area contributed by atoms with Crippen LogP contribution < -0.4 is 0 Å². The molecule has 0 aromatic rings. The second kappa shape index (κ2) is 93.6. The van der Waals surface area contributed by atoms with E-state index in [4.69, 9.17) is 24.4 Å². The van der Waals surface area contributed by atoms with Crippen LogP contribution in [0, 0.1) is 0 Å². The highest BCUT2D eigenvalue weighted by molar-refractivity contribution is 7.90. The number of carbonyl (C=O) groups is 6. The lowest BCUT2D eigenvalue weighted by Crippen LogP contribution is -2.43. The predicted octanol–water partition coefficient (Wildman–Crippen LogP) is 21.1. The Labute approximate surface area is 873 Å². The van der Waals surface area contributed by atoms with Gasteiger partial charge in [-0.15, -0.1) is 0 Å². The summed E-state index contributed by atoms with van der Waals surface area (Å²) in [5, 5.41) is 37.9. The molecule has 0 amide bonds. The predicted molar refractivity (Wildman–Crippen MR) is 561 cm³/mol. The van der Waals surface area contributed by atoms with E-state index in [1.807, 2.05) is 6.92 Å². The van der Waals surface area contributed by atoms with Crippen molar-refractivity contribution in [2.45, 2.75) is 565 Å². The first-order valence-electron chi connectivity index (χ1n) is 53.7. The lowest BCUT2D eigenvalue weighted by molar-refractivity contribution is -0.236. The summed E-state index contributed by atoms with van der Waals surface area (Å²) in [5.41, 5.74) is 0. The molecule has 1 saturated heterocycles. The Kier molecular flexibility index (Phi) is 96.4. The van der Waals surface area contributed by atoms with Crippen LogP contribution in [-0.4, -0.2) is 248 Å². The maximum atomic E-state index is 11.8. The van der Waals surface area contributed by atoms with Crippen LogP contribution in [0.2, 0.25) is 0 Å². The first-order chi connectivity index (χ1) is 68.3. The van der Waals surface area contributed by atoms with Crippen molar-refractivity contribution < 1.29 is 179 Å². The van der Waals surface area contributed by atoms with Crippen molar-refractivity contribution >= 4 is 107 Å². The average molecular weight is 2240 g/mol. The number of carbonyl (C=O) groups excluding carboxylic acids is 6. The third-order valence-corrected chi connectivity index (χ3v) is 35.0. The van der Waals surface area contributed by atoms with Crippen molar-refractivity contribution in [3.63, 3.8) is 0 Å². The molecule has 1 aliphatic heterocycles. The molecule has 1 aliphatic rings. The lowest BCUT2D eigenvalue weighted by Gasteiger charge is -2.23. The van der Waals surface area contributed by atoms with Crippen LogP contribution in [0.5, 0.6) is 0 Å². The molecule has 1 fully saturated rings. The molecule has 46 heteroatoms. The second-order valence-corrected chi connectivity index (χ2v) is 50.0. The molecular formula is C99H196O39S7. The SMILES string of the molecule is CCCCCCCC(C(O)C(O)CC(=O)OO)S(=O)(=O)O.CCCCCCCC(C1OC1CCCCCCCC(=O)OC)S(=O)(=O)O.CCCCCCCCC(C(CCCCCCCC(=O)OC)S(=O)(=O)O)S(=O)(=O)O.CCCCCCCCC(C(O)CCCCCCCC(=O)OO)S(=O)(=O)O.CCCCCCCCC(CCCCCCCCC(=O)OC)S(=O)(=O)O.COC(=O)CCCCCCCCC(C)S(=O)(=O)O. The van der Waals surface area contributed by atoms with Gasteiger partial charge in [0.25, 0.3) is 70.8 Å². The Morgan fingerprint density at radius 2 is 0.497 bits per heavy atom. The van der Waals surface area contributed by atoms with Crippen molar-refractivity contribution in [3.8, 4) is 0 Å². The summed E-state index contributed by atoms with van der Waals surface area (Å²) < 4.78 is 250. The third kappa shape index (κ3) is 92.2. The van der Waals surface area contributed by atoms with E-state index in [-0.39, 0.29) is 68.2 Å². The van der Waals surface area contributed by atoms with E-state index in [2.05, 4.69) is 56.4 Å². The maximum Gasteiger partial charge on any atom is 0.344 e. The van der Waals surface area contributed by atoms with Gasteiger partial charge < -0.3 is 48.8 Å². The quantitative estimate of drug-likeness (QED) is 0.00512. The number of rotatable bonds is 89. The number of unbranched alkanes of at least 4 members (excludes halogenated alkanes) is 45. The molecule has 12 atom stereocenters. The van der Waals surface area contributed by atoms with E-state index in [0.29, 0.717) is 109 Å². The minimum absolute atomic E-state index is 0.00848. The highest BCUT2D eigenvalue weighted by Crippen LogP contribution is 2.36. The van der Waals surface area contributed by atoms with Gasteiger partial charge in [-0.3, -0.25) is 51.0 Å². The van der Waals surface area contributed by atoms with E-state index in [1.54, 1.807) is 0 Å². The number of aliphatic hydroxyl groups is 3. The molecule has 12 N–H and O–H groups in total. The van der Waals surface area contributed by atoms with Crippen molar-refractivity contribution in [1.29, 1.82) is 0 Å². The highest BCUT2D eigenvalue weighted by atomic mass is 32.2. The van der Waals surface area contributed by atoms with Gasteiger partial charge in [0.15, 0.2) is 0 Å². The monoisotopic (exact) mass is 2230 g/mol. The Balaban J connectivity index is -0.000000544. The summed E-state index contributed by atoms with van der Waals surface area (Å²) in [7, 11) is -24.4. The number of esters is 4. The summed E-state index contributed by atoms with van der Waals surface area (Å²) in [6.45, 7) is 12.1. The van der Waals surface area contributed by atoms with Crippen molar-refractivity contribution in [1.82, 2.24) is 0 Å². The number of epoxide rings is 1. The first kappa shape index (κ1) is 149. The number of hydrogen-bond donors (Lipinski definition) is 12. The minimum Gasteiger partial charge on any atom is -0.469 e. The van der Waals surface area contributed by atoms with Gasteiger partial charge >= 0.3 is 35.8 Å². The summed E-state index contributed by atoms with van der Waals surface area (Å²) in [4.78, 5) is 72.2. The van der Waals surface area contributed by atoms with E-state index >= 15 is 0 Å². The fourth-order valence-electron chi connectivity index (χ4n) is 16.6. The molecule has 145 heavy (non-hydrogen) atoms. The fourth-order valence-corrected chi connectivity index (χ4v) is 23.8. The van der Waals surface area contributed by atoms with Gasteiger partial charge in [0.05, 0.1) is 69.8 Å². The van der Waals surface area contributed by atoms with E-state index in [0.717, 1.165) is 276 Å². The standard InChI is InChI=1S/C19H38O8S2.C19H36O6S.C19H38O5S.C18H36O7S.C12H24O8S.C12H24O5S/c1-3-4-5-6-8-11-14-17(28(21,22)23)18(29(24,25)26)15-12-9-7-10-13-16-19(20)27-2;1-3-4-5-7-11-14-17(26(21,22)23)19-16(25-19)13-10-8-6-9-12-15-18(20)24-2;1-3-4-5-6-9-12-15-18(25(21,22)23)16-13-10-7-8-11-14-17-19(20)24-2;1-2-3-4-5-8-11-14-17(26(22,23)24)16(19)13-10-7-6-9-12-15-18(20)25-21;1-2-3-4-5-6-7-10(21(17,18)19)12(15)9(13)8-11(14)20-16;1-11(18(14,15)16)9-7-5-3-4-6-8-10-12(13)17-2/h17-18H,3-16H2,1-2H3,(H,21,22,23)(H,24,25,26);16-17,19H,3-15H2,1-2H3,(H,21,22,23);18H,3-17H2,1-2H3,(H,21,22,23);16-17,19,21H,2-15H2,1H3,(H,22,23,24);9-10,12-13,15-16H,2-8H2,1H3,(H,17,18,19);11H,3-10H2,1-2H3,(H,14,15,16). The minimum atomic E-state index is -4.61. The molecular weight excluding hydrogens is 2040 g/mol. The number of methoxy groups -OCH3 is 4. The average Bonchev–Trinajstić information content (AvgIpc) is 1.66. The second-order valence-electron chi connectivity index (χ2n) is 38.2. The van der Waals surface area contributed by atoms with Crippen molar-refractivity contribution in [2.75, 3.05) is 28.4 Å². The fraction of sp³-hybridized carbons (Fsp3) is 0.939. The summed E-state index contributed by atoms with van der Waals surface area (Å²) >= 11 is 0. The van der Waals surface area contributed by atoms with E-state index in [1.165, 1.54) is 67.5 Å². The van der Waals surface area contributed by atoms with E-state index in [9.17, 15) is 126 Å².